The zero-order chi connectivity index (χ0) is 18.2. The summed E-state index contributed by atoms with van der Waals surface area (Å²) in [6, 6.07) is 14.3. The van der Waals surface area contributed by atoms with Gasteiger partial charge in [-0.15, -0.1) is 0 Å². The summed E-state index contributed by atoms with van der Waals surface area (Å²) in [5.74, 6) is 0.234. The van der Waals surface area contributed by atoms with Crippen molar-refractivity contribution in [3.05, 3.63) is 54.3 Å². The zero-order valence-corrected chi connectivity index (χ0v) is 16.7. The van der Waals surface area contributed by atoms with E-state index in [0.29, 0.717) is 5.88 Å². The van der Waals surface area contributed by atoms with Crippen LogP contribution in [0.4, 0.5) is 4.39 Å². The van der Waals surface area contributed by atoms with Crippen LogP contribution in [0.1, 0.15) is 19.9 Å². The molecule has 1 aromatic heterocycles. The minimum absolute atomic E-state index is 0.103. The van der Waals surface area contributed by atoms with E-state index in [0.717, 1.165) is 33.4 Å². The lowest BCUT2D eigenvalue weighted by molar-refractivity contribution is 0.454. The first-order chi connectivity index (χ1) is 11.8. The molecular weight excluding hydrogens is 376 g/mol. The molecule has 0 saturated carbocycles. The number of para-hydroxylation sites is 1. The van der Waals surface area contributed by atoms with Gasteiger partial charge < -0.3 is 14.0 Å². The molecule has 1 atom stereocenters. The molecule has 1 unspecified atom stereocenters. The molecule has 1 N–H and O–H groups in total. The Labute approximate surface area is 155 Å². The molecule has 3 rings (SSSR count). The third kappa shape index (κ3) is 3.63. The highest BCUT2D eigenvalue weighted by Crippen LogP contribution is 2.57. The van der Waals surface area contributed by atoms with Crippen molar-refractivity contribution >= 4 is 39.8 Å². The minimum Gasteiger partial charge on any atom is -0.419 e. The van der Waals surface area contributed by atoms with Crippen molar-refractivity contribution in [2.75, 3.05) is 6.26 Å². The Morgan fingerprint density at radius 3 is 2.40 bits per heavy atom. The summed E-state index contributed by atoms with van der Waals surface area (Å²) in [5, 5.41) is 0.980. The first kappa shape index (κ1) is 18.5. The van der Waals surface area contributed by atoms with Gasteiger partial charge in [0.15, 0.2) is 0 Å². The molecule has 0 aliphatic carbocycles. The van der Waals surface area contributed by atoms with Crippen LogP contribution in [0.2, 0.25) is 0 Å². The van der Waals surface area contributed by atoms with Crippen molar-refractivity contribution in [1.82, 2.24) is 4.57 Å². The molecule has 7 heteroatoms. The smallest absolute Gasteiger partial charge is 0.295 e. The Morgan fingerprint density at radius 1 is 1.16 bits per heavy atom. The molecule has 0 aliphatic heterocycles. The van der Waals surface area contributed by atoms with Crippen molar-refractivity contribution in [3.63, 3.8) is 0 Å². The molecule has 0 spiro atoms. The molecule has 3 nitrogen and oxygen atoms in total. The average molecular weight is 395 g/mol. The SMILES string of the molecule is CSP(O)(=S)Oc1c(-c2ccc(F)cc2)c2ccccc2n1C(C)C. The molecular formula is C18H19FNO2PS2. The van der Waals surface area contributed by atoms with Gasteiger partial charge >= 0.3 is 0 Å². The lowest BCUT2D eigenvalue weighted by atomic mass is 10.0. The highest BCUT2D eigenvalue weighted by atomic mass is 32.9. The fourth-order valence-corrected chi connectivity index (χ4v) is 4.00. The maximum Gasteiger partial charge on any atom is 0.295 e. The molecule has 0 aliphatic rings. The Hall–Kier alpha value is -1.33. The summed E-state index contributed by atoms with van der Waals surface area (Å²) >= 11 is 6.39. The molecule has 25 heavy (non-hydrogen) atoms. The van der Waals surface area contributed by atoms with Gasteiger partial charge in [0.2, 0.25) is 5.88 Å². The minimum atomic E-state index is -3.02. The second-order valence-corrected chi connectivity index (χ2v) is 12.2. The molecule has 3 aromatic rings. The number of rotatable bonds is 5. The second-order valence-electron chi connectivity index (χ2n) is 5.91. The van der Waals surface area contributed by atoms with Crippen LogP contribution in [0, 0.1) is 5.82 Å². The van der Waals surface area contributed by atoms with E-state index in [2.05, 4.69) is 0 Å². The van der Waals surface area contributed by atoms with Gasteiger partial charge in [-0.1, -0.05) is 41.7 Å². The van der Waals surface area contributed by atoms with E-state index in [4.69, 9.17) is 16.3 Å². The number of fused-ring (bicyclic) bond motifs is 1. The average Bonchev–Trinajstić information content (AvgIpc) is 2.89. The fraction of sp³-hybridized carbons (Fsp3) is 0.222. The normalized spacial score (nSPS) is 14.0. The van der Waals surface area contributed by atoms with Gasteiger partial charge in [0.05, 0.1) is 11.1 Å². The molecule has 0 saturated heterocycles. The topological polar surface area (TPSA) is 34.4 Å². The van der Waals surface area contributed by atoms with Crippen LogP contribution < -0.4 is 4.52 Å². The molecule has 0 amide bonds. The largest absolute Gasteiger partial charge is 0.419 e. The lowest BCUT2D eigenvalue weighted by Gasteiger charge is -2.20. The van der Waals surface area contributed by atoms with E-state index in [1.54, 1.807) is 18.4 Å². The Kier molecular flexibility index (Phi) is 5.26. The maximum absolute atomic E-state index is 13.4. The first-order valence-electron chi connectivity index (χ1n) is 7.81. The predicted octanol–water partition coefficient (Wildman–Crippen LogP) is 5.99. The summed E-state index contributed by atoms with van der Waals surface area (Å²) < 4.78 is 21.4. The van der Waals surface area contributed by atoms with E-state index in [1.807, 2.05) is 42.7 Å². The predicted molar refractivity (Wildman–Crippen MR) is 108 cm³/mol. The highest BCUT2D eigenvalue weighted by Gasteiger charge is 2.26. The van der Waals surface area contributed by atoms with Gasteiger partial charge in [-0.2, -0.15) is 0 Å². The number of hydrogen-bond acceptors (Lipinski definition) is 3. The number of nitrogens with zero attached hydrogens (tertiary/aromatic N) is 1. The first-order valence-corrected chi connectivity index (χ1v) is 12.3. The molecule has 132 valence electrons. The Bertz CT molecular complexity index is 954. The summed E-state index contributed by atoms with van der Waals surface area (Å²) in [6.07, 6.45) is 1.74. The van der Waals surface area contributed by atoms with Crippen molar-refractivity contribution < 1.29 is 13.8 Å². The fourth-order valence-electron chi connectivity index (χ4n) is 2.88. The summed E-state index contributed by atoms with van der Waals surface area (Å²) in [7, 11) is 0. The number of benzene rings is 2. The zero-order valence-electron chi connectivity index (χ0n) is 14.1. The lowest BCUT2D eigenvalue weighted by Crippen LogP contribution is -2.04. The van der Waals surface area contributed by atoms with Crippen molar-refractivity contribution in [2.24, 2.45) is 0 Å². The van der Waals surface area contributed by atoms with Crippen LogP contribution in [0.15, 0.2) is 48.5 Å². The highest BCUT2D eigenvalue weighted by molar-refractivity contribution is 8.67. The van der Waals surface area contributed by atoms with Crippen molar-refractivity contribution in [2.45, 2.75) is 19.9 Å². The standard InChI is InChI=1S/C18H19FNO2PS2/c1-12(2)20-16-7-5-4-6-15(16)17(13-8-10-14(19)11-9-13)18(20)22-23(21,24)25-3/h4-12H,1-3H3,(H,21,24). The molecule has 1 heterocycles. The van der Waals surface area contributed by atoms with Gasteiger partial charge in [0, 0.05) is 11.4 Å². The Morgan fingerprint density at radius 2 is 1.80 bits per heavy atom. The third-order valence-corrected chi connectivity index (χ3v) is 7.99. The van der Waals surface area contributed by atoms with E-state index >= 15 is 0 Å². The summed E-state index contributed by atoms with van der Waals surface area (Å²) in [5.41, 5.74) is -0.387. The van der Waals surface area contributed by atoms with E-state index < -0.39 is 5.69 Å². The van der Waals surface area contributed by atoms with Crippen LogP contribution in [-0.2, 0) is 11.8 Å². The van der Waals surface area contributed by atoms with E-state index in [9.17, 15) is 9.28 Å². The molecule has 2 aromatic carbocycles. The van der Waals surface area contributed by atoms with Crippen LogP contribution in [0.25, 0.3) is 22.0 Å². The van der Waals surface area contributed by atoms with E-state index in [1.165, 1.54) is 12.1 Å². The van der Waals surface area contributed by atoms with E-state index in [-0.39, 0.29) is 11.9 Å². The third-order valence-electron chi connectivity index (χ3n) is 3.95. The second kappa shape index (κ2) is 7.12. The van der Waals surface area contributed by atoms with Crippen molar-refractivity contribution in [3.8, 4) is 17.0 Å². The van der Waals surface area contributed by atoms with Gasteiger partial charge in [0.1, 0.15) is 5.82 Å². The van der Waals surface area contributed by atoms with Gasteiger partial charge in [0.25, 0.3) is 5.69 Å². The van der Waals surface area contributed by atoms with Crippen molar-refractivity contribution in [1.29, 1.82) is 0 Å². The number of halogens is 1. The number of hydrogen-bond donors (Lipinski definition) is 1. The van der Waals surface area contributed by atoms with Gasteiger partial charge in [-0.25, -0.2) is 4.39 Å². The number of aromatic nitrogens is 1. The van der Waals surface area contributed by atoms with Crippen LogP contribution in [0.5, 0.6) is 5.88 Å². The van der Waals surface area contributed by atoms with Gasteiger partial charge in [-0.05, 0) is 55.7 Å². The molecule has 0 radical (unpaired) electrons. The molecule has 0 bridgehead atoms. The van der Waals surface area contributed by atoms with Crippen LogP contribution in [-0.4, -0.2) is 15.7 Å². The monoisotopic (exact) mass is 395 g/mol. The summed E-state index contributed by atoms with van der Waals surface area (Å²) in [4.78, 5) is 10.4. The summed E-state index contributed by atoms with van der Waals surface area (Å²) in [6.45, 7) is 4.10. The molecule has 0 fully saturated rings. The quantitative estimate of drug-likeness (QED) is 0.539. The van der Waals surface area contributed by atoms with Crippen LogP contribution in [0.3, 0.4) is 0 Å². The van der Waals surface area contributed by atoms with Gasteiger partial charge in [-0.3, -0.25) is 0 Å². The van der Waals surface area contributed by atoms with Crippen LogP contribution >= 0.6 is 17.1 Å². The maximum atomic E-state index is 13.4. The Balaban J connectivity index is 2.36.